The first kappa shape index (κ1) is 12.9. The third-order valence-electron chi connectivity index (χ3n) is 3.49. The maximum atomic E-state index is 3.61. The summed E-state index contributed by atoms with van der Waals surface area (Å²) >= 11 is 3.53. The summed E-state index contributed by atoms with van der Waals surface area (Å²) in [6.07, 6.45) is 3.67. The van der Waals surface area contributed by atoms with E-state index in [2.05, 4.69) is 51.7 Å². The molecule has 1 aliphatic rings. The number of piperidine rings is 1. The third kappa shape index (κ3) is 3.71. The highest BCUT2D eigenvalue weighted by Gasteiger charge is 2.12. The van der Waals surface area contributed by atoms with Gasteiger partial charge in [0.25, 0.3) is 0 Å². The molecule has 2 rings (SSSR count). The highest BCUT2D eigenvalue weighted by atomic mass is 79.9. The molecule has 0 bridgehead atoms. The van der Waals surface area contributed by atoms with E-state index in [9.17, 15) is 0 Å². The van der Waals surface area contributed by atoms with E-state index < -0.39 is 0 Å². The van der Waals surface area contributed by atoms with Crippen molar-refractivity contribution >= 4 is 21.6 Å². The Hall–Kier alpha value is -0.540. The van der Waals surface area contributed by atoms with Crippen molar-refractivity contribution in [2.24, 2.45) is 5.92 Å². The first-order chi connectivity index (χ1) is 8.29. The van der Waals surface area contributed by atoms with Gasteiger partial charge in [0, 0.05) is 16.7 Å². The van der Waals surface area contributed by atoms with E-state index in [-0.39, 0.29) is 0 Å². The van der Waals surface area contributed by atoms with Gasteiger partial charge in [-0.25, -0.2) is 0 Å². The highest BCUT2D eigenvalue weighted by Crippen LogP contribution is 2.22. The fraction of sp³-hybridized carbons (Fsp3) is 0.571. The van der Waals surface area contributed by atoms with Crippen molar-refractivity contribution in [3.05, 3.63) is 28.2 Å². The van der Waals surface area contributed by atoms with Gasteiger partial charge in [-0.3, -0.25) is 0 Å². The van der Waals surface area contributed by atoms with E-state index in [1.54, 1.807) is 0 Å². The van der Waals surface area contributed by atoms with Gasteiger partial charge in [0.15, 0.2) is 0 Å². The van der Waals surface area contributed by atoms with Crippen LogP contribution in [0, 0.1) is 5.92 Å². The van der Waals surface area contributed by atoms with Crippen molar-refractivity contribution < 1.29 is 0 Å². The summed E-state index contributed by atoms with van der Waals surface area (Å²) in [6.45, 7) is 5.66. The Kier molecular flexibility index (Phi) is 4.86. The van der Waals surface area contributed by atoms with Crippen molar-refractivity contribution in [3.8, 4) is 0 Å². The van der Waals surface area contributed by atoms with Crippen LogP contribution < -0.4 is 10.6 Å². The van der Waals surface area contributed by atoms with Crippen molar-refractivity contribution in [1.29, 1.82) is 0 Å². The summed E-state index contributed by atoms with van der Waals surface area (Å²) < 4.78 is 1.17. The van der Waals surface area contributed by atoms with Crippen LogP contribution in [0.1, 0.15) is 25.3 Å². The lowest BCUT2D eigenvalue weighted by Gasteiger charge is -2.24. The highest BCUT2D eigenvalue weighted by molar-refractivity contribution is 9.10. The first-order valence-corrected chi connectivity index (χ1v) is 7.32. The average Bonchev–Trinajstić information content (AvgIpc) is 2.38. The Morgan fingerprint density at radius 3 is 2.82 bits per heavy atom. The fourth-order valence-electron chi connectivity index (χ4n) is 2.37. The van der Waals surface area contributed by atoms with E-state index in [1.165, 1.54) is 41.7 Å². The molecule has 0 atom stereocenters. The third-order valence-corrected chi connectivity index (χ3v) is 3.98. The van der Waals surface area contributed by atoms with Gasteiger partial charge < -0.3 is 10.6 Å². The molecule has 0 aromatic heterocycles. The summed E-state index contributed by atoms with van der Waals surface area (Å²) in [5.74, 6) is 0.824. The molecule has 0 spiro atoms. The zero-order valence-electron chi connectivity index (χ0n) is 10.4. The molecule has 1 fully saturated rings. The van der Waals surface area contributed by atoms with Crippen LogP contribution >= 0.6 is 15.9 Å². The van der Waals surface area contributed by atoms with Gasteiger partial charge >= 0.3 is 0 Å². The number of nitrogens with one attached hydrogen (secondary N) is 2. The summed E-state index contributed by atoms with van der Waals surface area (Å²) in [4.78, 5) is 0. The zero-order chi connectivity index (χ0) is 12.1. The molecule has 0 amide bonds. The topological polar surface area (TPSA) is 24.1 Å². The molecule has 94 valence electrons. The van der Waals surface area contributed by atoms with Crippen LogP contribution in [0.25, 0.3) is 0 Å². The molecule has 0 unspecified atom stereocenters. The predicted octanol–water partition coefficient (Wildman–Crippen LogP) is 3.42. The van der Waals surface area contributed by atoms with Crippen molar-refractivity contribution in [1.82, 2.24) is 5.32 Å². The molecule has 1 heterocycles. The molecule has 3 heteroatoms. The van der Waals surface area contributed by atoms with Crippen LogP contribution in [0.15, 0.2) is 22.7 Å². The second kappa shape index (κ2) is 6.41. The Morgan fingerprint density at radius 1 is 1.35 bits per heavy atom. The molecule has 0 aliphatic carbocycles. The number of rotatable bonds is 4. The van der Waals surface area contributed by atoms with E-state index in [4.69, 9.17) is 0 Å². The summed E-state index contributed by atoms with van der Waals surface area (Å²) in [7, 11) is 0. The number of hydrogen-bond donors (Lipinski definition) is 2. The Labute approximate surface area is 112 Å². The van der Waals surface area contributed by atoms with E-state index in [0.717, 1.165) is 18.9 Å². The summed E-state index contributed by atoms with van der Waals surface area (Å²) in [5.41, 5.74) is 2.70. The van der Waals surface area contributed by atoms with Gasteiger partial charge in [-0.1, -0.05) is 22.9 Å². The molecule has 1 aromatic rings. The largest absolute Gasteiger partial charge is 0.385 e. The van der Waals surface area contributed by atoms with Crippen molar-refractivity contribution in [3.63, 3.8) is 0 Å². The van der Waals surface area contributed by atoms with Gasteiger partial charge in [-0.2, -0.15) is 0 Å². The molecule has 0 saturated carbocycles. The normalized spacial score (nSPS) is 17.1. The van der Waals surface area contributed by atoms with Crippen molar-refractivity contribution in [2.45, 2.75) is 26.2 Å². The number of anilines is 1. The number of hydrogen-bond acceptors (Lipinski definition) is 2. The molecule has 0 radical (unpaired) electrons. The van der Waals surface area contributed by atoms with Gasteiger partial charge in [0.05, 0.1) is 0 Å². The molecular formula is C14H21BrN2. The van der Waals surface area contributed by atoms with Crippen LogP contribution in [-0.4, -0.2) is 19.6 Å². The molecule has 17 heavy (non-hydrogen) atoms. The monoisotopic (exact) mass is 296 g/mol. The summed E-state index contributed by atoms with van der Waals surface area (Å²) in [5, 5.41) is 7.02. The first-order valence-electron chi connectivity index (χ1n) is 6.52. The molecule has 1 saturated heterocycles. The van der Waals surface area contributed by atoms with Gasteiger partial charge in [-0.15, -0.1) is 0 Å². The van der Waals surface area contributed by atoms with Gasteiger partial charge in [0.2, 0.25) is 0 Å². The number of aryl methyl sites for hydroxylation is 1. The lowest BCUT2D eigenvalue weighted by molar-refractivity contribution is 0.390. The number of benzene rings is 1. The number of halogens is 1. The van der Waals surface area contributed by atoms with Crippen molar-refractivity contribution in [2.75, 3.05) is 25.0 Å². The fourth-order valence-corrected chi connectivity index (χ4v) is 2.78. The minimum Gasteiger partial charge on any atom is -0.385 e. The second-order valence-corrected chi connectivity index (χ2v) is 5.64. The van der Waals surface area contributed by atoms with Gasteiger partial charge in [0.1, 0.15) is 0 Å². The molecule has 2 nitrogen and oxygen atoms in total. The van der Waals surface area contributed by atoms with Gasteiger partial charge in [-0.05, 0) is 62.0 Å². The summed E-state index contributed by atoms with van der Waals surface area (Å²) in [6, 6.07) is 6.51. The van der Waals surface area contributed by atoms with Crippen LogP contribution in [-0.2, 0) is 6.42 Å². The standard InChI is InChI=1S/C14H21BrN2/c1-2-12-9-13(15)3-4-14(12)17-10-11-5-7-16-8-6-11/h3-4,9,11,16-17H,2,5-8,10H2,1H3. The Balaban J connectivity index is 1.93. The molecule has 1 aliphatic heterocycles. The maximum Gasteiger partial charge on any atom is 0.0373 e. The lowest BCUT2D eigenvalue weighted by atomic mass is 9.98. The quantitative estimate of drug-likeness (QED) is 0.890. The molecule has 1 aromatic carbocycles. The molecule has 2 N–H and O–H groups in total. The SMILES string of the molecule is CCc1cc(Br)ccc1NCC1CCNCC1. The zero-order valence-corrected chi connectivity index (χ0v) is 12.0. The van der Waals surface area contributed by atoms with Crippen LogP contribution in [0.4, 0.5) is 5.69 Å². The maximum absolute atomic E-state index is 3.61. The minimum absolute atomic E-state index is 0.824. The predicted molar refractivity (Wildman–Crippen MR) is 77.6 cm³/mol. The van der Waals surface area contributed by atoms with Crippen LogP contribution in [0.2, 0.25) is 0 Å². The van der Waals surface area contributed by atoms with E-state index >= 15 is 0 Å². The second-order valence-electron chi connectivity index (χ2n) is 4.73. The van der Waals surface area contributed by atoms with E-state index in [1.807, 2.05) is 0 Å². The molecular weight excluding hydrogens is 276 g/mol. The Bertz CT molecular complexity index is 359. The minimum atomic E-state index is 0.824. The van der Waals surface area contributed by atoms with E-state index in [0.29, 0.717) is 0 Å². The van der Waals surface area contributed by atoms with Crippen LogP contribution in [0.3, 0.4) is 0 Å². The average molecular weight is 297 g/mol. The Morgan fingerprint density at radius 2 is 2.12 bits per heavy atom. The lowest BCUT2D eigenvalue weighted by Crippen LogP contribution is -2.31. The smallest absolute Gasteiger partial charge is 0.0373 e. The van der Waals surface area contributed by atoms with Crippen LogP contribution in [0.5, 0.6) is 0 Å².